The Bertz CT molecular complexity index is 733. The van der Waals surface area contributed by atoms with E-state index in [9.17, 15) is 8.42 Å². The van der Waals surface area contributed by atoms with Gasteiger partial charge < -0.3 is 4.90 Å². The van der Waals surface area contributed by atoms with Crippen molar-refractivity contribution in [2.45, 2.75) is 25.9 Å². The highest BCUT2D eigenvalue weighted by atomic mass is 127. The molecule has 1 fully saturated rings. The summed E-state index contributed by atoms with van der Waals surface area (Å²) in [7, 11) is -3.69. The molecule has 0 amide bonds. The molecule has 0 saturated carbocycles. The fourth-order valence-corrected chi connectivity index (χ4v) is 4.08. The SMILES string of the molecule is C=C/C(=C\C=C(/C)S(=O)(=O)OC1CCN(c2ccccc2)CC1)CI. The Labute approximate surface area is 164 Å². The molecule has 1 aromatic carbocycles. The van der Waals surface area contributed by atoms with E-state index < -0.39 is 10.1 Å². The lowest BCUT2D eigenvalue weighted by Crippen LogP contribution is -2.37. The molecular weight excluding hydrogens is 449 g/mol. The summed E-state index contributed by atoms with van der Waals surface area (Å²) in [6, 6.07) is 10.2. The molecule has 0 atom stereocenters. The third kappa shape index (κ3) is 5.97. The van der Waals surface area contributed by atoms with Gasteiger partial charge >= 0.3 is 0 Å². The molecule has 0 unspecified atom stereocenters. The van der Waals surface area contributed by atoms with Crippen molar-refractivity contribution in [1.29, 1.82) is 0 Å². The van der Waals surface area contributed by atoms with Crippen molar-refractivity contribution in [2.75, 3.05) is 22.4 Å². The molecule has 0 radical (unpaired) electrons. The standard InChI is InChI=1S/C19H24INO3S/c1-3-17(15-20)10-9-16(2)25(22,23)24-19-11-13-21(14-12-19)18-7-5-4-6-8-18/h3-10,19H,1,11-15H2,2H3/b16-9+,17-10+. The normalized spacial score (nSPS) is 17.6. The molecule has 4 nitrogen and oxygen atoms in total. The van der Waals surface area contributed by atoms with Crippen LogP contribution in [0.4, 0.5) is 5.69 Å². The fraction of sp³-hybridized carbons (Fsp3) is 0.368. The van der Waals surface area contributed by atoms with Gasteiger partial charge in [-0.15, -0.1) is 0 Å². The topological polar surface area (TPSA) is 46.6 Å². The van der Waals surface area contributed by atoms with Gasteiger partial charge in [-0.1, -0.05) is 59.5 Å². The number of nitrogens with zero attached hydrogens (tertiary/aromatic N) is 1. The monoisotopic (exact) mass is 473 g/mol. The van der Waals surface area contributed by atoms with Crippen LogP contribution in [0.25, 0.3) is 0 Å². The van der Waals surface area contributed by atoms with Gasteiger partial charge in [-0.2, -0.15) is 8.42 Å². The van der Waals surface area contributed by atoms with Crippen LogP contribution < -0.4 is 4.90 Å². The second-order valence-electron chi connectivity index (χ2n) is 5.93. The van der Waals surface area contributed by atoms with E-state index in [1.807, 2.05) is 18.2 Å². The van der Waals surface area contributed by atoms with E-state index in [-0.39, 0.29) is 11.0 Å². The quantitative estimate of drug-likeness (QED) is 0.254. The first-order valence-corrected chi connectivity index (χ1v) is 11.2. The fourth-order valence-electron chi connectivity index (χ4n) is 2.58. The van der Waals surface area contributed by atoms with E-state index in [4.69, 9.17) is 4.18 Å². The predicted molar refractivity (Wildman–Crippen MR) is 113 cm³/mol. The van der Waals surface area contributed by atoms with Crippen LogP contribution in [-0.2, 0) is 14.3 Å². The largest absolute Gasteiger partial charge is 0.371 e. The lowest BCUT2D eigenvalue weighted by molar-refractivity contribution is 0.180. The number of alkyl halides is 1. The van der Waals surface area contributed by atoms with Crippen LogP contribution in [0.3, 0.4) is 0 Å². The molecule has 0 aliphatic carbocycles. The number of benzene rings is 1. The van der Waals surface area contributed by atoms with Gasteiger partial charge in [-0.25, -0.2) is 0 Å². The highest BCUT2D eigenvalue weighted by Gasteiger charge is 2.25. The lowest BCUT2D eigenvalue weighted by Gasteiger charge is -2.33. The summed E-state index contributed by atoms with van der Waals surface area (Å²) in [6.45, 7) is 6.87. The van der Waals surface area contributed by atoms with Gasteiger partial charge in [-0.3, -0.25) is 4.18 Å². The van der Waals surface area contributed by atoms with E-state index in [0.717, 1.165) is 23.1 Å². The van der Waals surface area contributed by atoms with E-state index in [0.29, 0.717) is 12.8 Å². The van der Waals surface area contributed by atoms with Crippen LogP contribution in [0.5, 0.6) is 0 Å². The van der Waals surface area contributed by atoms with Crippen LogP contribution in [0.2, 0.25) is 0 Å². The smallest absolute Gasteiger partial charge is 0.293 e. The second-order valence-corrected chi connectivity index (χ2v) is 8.44. The van der Waals surface area contributed by atoms with E-state index in [1.54, 1.807) is 25.2 Å². The third-order valence-corrected chi connectivity index (χ3v) is 6.50. The first-order chi connectivity index (χ1) is 12.0. The van der Waals surface area contributed by atoms with Crippen molar-refractivity contribution in [3.8, 4) is 0 Å². The van der Waals surface area contributed by atoms with E-state index in [1.165, 1.54) is 5.69 Å². The summed E-state index contributed by atoms with van der Waals surface area (Å²) >= 11 is 2.21. The van der Waals surface area contributed by atoms with Crippen molar-refractivity contribution < 1.29 is 12.6 Å². The zero-order valence-electron chi connectivity index (χ0n) is 14.4. The van der Waals surface area contributed by atoms with Crippen molar-refractivity contribution in [1.82, 2.24) is 0 Å². The molecule has 1 saturated heterocycles. The number of piperidine rings is 1. The average Bonchev–Trinajstić information content (AvgIpc) is 2.63. The minimum atomic E-state index is -3.69. The maximum atomic E-state index is 12.4. The van der Waals surface area contributed by atoms with Gasteiger partial charge in [-0.05, 0) is 43.5 Å². The van der Waals surface area contributed by atoms with Gasteiger partial charge in [0.25, 0.3) is 10.1 Å². The predicted octanol–water partition coefficient (Wildman–Crippen LogP) is 4.45. The molecule has 1 aliphatic rings. The summed E-state index contributed by atoms with van der Waals surface area (Å²) in [5.41, 5.74) is 2.15. The Hall–Kier alpha value is -1.12. The number of rotatable bonds is 7. The highest BCUT2D eigenvalue weighted by molar-refractivity contribution is 14.1. The summed E-state index contributed by atoms with van der Waals surface area (Å²) in [5.74, 6) is 0. The Morgan fingerprint density at radius 1 is 1.28 bits per heavy atom. The molecule has 1 aromatic rings. The third-order valence-electron chi connectivity index (χ3n) is 4.17. The number of para-hydroxylation sites is 1. The summed E-state index contributed by atoms with van der Waals surface area (Å²) in [4.78, 5) is 2.48. The van der Waals surface area contributed by atoms with Gasteiger partial charge in [0.1, 0.15) is 0 Å². The van der Waals surface area contributed by atoms with Gasteiger partial charge in [0.15, 0.2) is 0 Å². The molecule has 0 N–H and O–H groups in total. The van der Waals surface area contributed by atoms with Crippen molar-refractivity contribution in [2.24, 2.45) is 0 Å². The number of allylic oxidation sites excluding steroid dienone is 5. The number of hydrogen-bond donors (Lipinski definition) is 0. The zero-order chi connectivity index (χ0) is 18.3. The Morgan fingerprint density at radius 2 is 1.92 bits per heavy atom. The zero-order valence-corrected chi connectivity index (χ0v) is 17.4. The maximum Gasteiger partial charge on any atom is 0.293 e. The van der Waals surface area contributed by atoms with Crippen LogP contribution in [-0.4, -0.2) is 32.0 Å². The molecule has 6 heteroatoms. The Morgan fingerprint density at radius 3 is 2.48 bits per heavy atom. The highest BCUT2D eigenvalue weighted by Crippen LogP contribution is 2.23. The summed E-state index contributed by atoms with van der Waals surface area (Å²) in [5, 5.41) is 0. The molecule has 1 aliphatic heterocycles. The molecule has 2 rings (SSSR count). The number of hydrogen-bond acceptors (Lipinski definition) is 4. The lowest BCUT2D eigenvalue weighted by atomic mass is 10.1. The van der Waals surface area contributed by atoms with Gasteiger partial charge in [0.2, 0.25) is 0 Å². The molecular formula is C19H24INO3S. The van der Waals surface area contributed by atoms with Crippen molar-refractivity contribution >= 4 is 38.4 Å². The van der Waals surface area contributed by atoms with Crippen LogP contribution in [0.15, 0.2) is 65.6 Å². The first kappa shape index (κ1) is 20.2. The number of anilines is 1. The molecule has 1 heterocycles. The minimum Gasteiger partial charge on any atom is -0.371 e. The van der Waals surface area contributed by atoms with Crippen molar-refractivity contribution in [3.63, 3.8) is 0 Å². The van der Waals surface area contributed by atoms with Gasteiger partial charge in [0, 0.05) is 23.2 Å². The van der Waals surface area contributed by atoms with Crippen molar-refractivity contribution in [3.05, 3.63) is 65.6 Å². The molecule has 0 aromatic heterocycles. The van der Waals surface area contributed by atoms with Crippen LogP contribution in [0.1, 0.15) is 19.8 Å². The molecule has 136 valence electrons. The Balaban J connectivity index is 1.95. The summed E-state index contributed by atoms with van der Waals surface area (Å²) < 4.78 is 31.0. The van der Waals surface area contributed by atoms with Crippen LogP contribution >= 0.6 is 22.6 Å². The number of halogens is 1. The maximum absolute atomic E-state index is 12.4. The van der Waals surface area contributed by atoms with Gasteiger partial charge in [0.05, 0.1) is 11.0 Å². The molecule has 0 bridgehead atoms. The van der Waals surface area contributed by atoms with E-state index >= 15 is 0 Å². The first-order valence-electron chi connectivity index (χ1n) is 8.25. The van der Waals surface area contributed by atoms with E-state index in [2.05, 4.69) is 46.2 Å². The molecule has 25 heavy (non-hydrogen) atoms. The molecule has 0 spiro atoms. The average molecular weight is 473 g/mol. The minimum absolute atomic E-state index is 0.224. The second kappa shape index (κ2) is 9.54. The summed E-state index contributed by atoms with van der Waals surface area (Å²) in [6.07, 6.45) is 6.22. The van der Waals surface area contributed by atoms with Crippen LogP contribution in [0, 0.1) is 0 Å². The Kier molecular flexibility index (Phi) is 7.71.